The van der Waals surface area contributed by atoms with Crippen LogP contribution in [0.4, 0.5) is 0 Å². The molecular formula is C48H85N5O5S2. The third-order valence-electron chi connectivity index (χ3n) is 9.00. The van der Waals surface area contributed by atoms with Crippen LogP contribution in [0.25, 0.3) is 0 Å². The Morgan fingerprint density at radius 3 is 1.03 bits per heavy atom. The first-order valence-corrected chi connectivity index (χ1v) is 22.9. The number of nitriles is 1. The SMILES string of the molecule is CC(C)C(=C[N+](=O)[O-])C(C)C.CC(C)C(=NC#N)C(C)C.CC(C)C(=O)C(C)C.CC(C)C(=S)C(C)C.CC(C)c1c(C(C)C)c(=O)c1=O.CC(C)c1nsnc1C(C)C. The molecule has 0 aliphatic rings. The number of rotatable bonds is 13. The summed E-state index contributed by atoms with van der Waals surface area (Å²) in [7, 11) is 0. The molecule has 10 nitrogen and oxygen atoms in total. The Kier molecular flexibility index (Phi) is 34.2. The standard InChI is InChI=1S/C10H14O2.C8H14N2S.C8H14N2.C8H15NO2.C7H14O.C7H14S/c1-5(2)7-8(6(3)4)10(12)9(7)11;1-5(2)7-8(6(3)4)10-11-9-7;1-6(2)8(7(3)4)10-5-9;1-6(2)8(7(3)4)5-9(10)11;2*1-5(2)7(8)6(3)4/h5-6H,1-4H3;5-6H,1-4H3;6-7H,1-4H3;5-7H,1-4H3;2*5-6H,1-4H3. The highest BCUT2D eigenvalue weighted by molar-refractivity contribution is 7.80. The maximum absolute atomic E-state index is 11.1. The van der Waals surface area contributed by atoms with Gasteiger partial charge >= 0.3 is 0 Å². The number of hydrogen-bond acceptors (Lipinski definition) is 11. The van der Waals surface area contributed by atoms with Crippen molar-refractivity contribution in [3.63, 3.8) is 0 Å². The van der Waals surface area contributed by atoms with Crippen LogP contribution in [0.5, 0.6) is 0 Å². The predicted octanol–water partition coefficient (Wildman–Crippen LogP) is 13.5. The van der Waals surface area contributed by atoms with Gasteiger partial charge in [-0.25, -0.2) is 0 Å². The van der Waals surface area contributed by atoms with Crippen LogP contribution in [-0.4, -0.2) is 30.0 Å². The second-order valence-electron chi connectivity index (χ2n) is 18.7. The second kappa shape index (κ2) is 32.4. The highest BCUT2D eigenvalue weighted by Crippen LogP contribution is 2.24. The summed E-state index contributed by atoms with van der Waals surface area (Å²) in [6.07, 6.45) is 2.94. The molecule has 0 fully saturated rings. The molecule has 1 aromatic carbocycles. The smallest absolute Gasteiger partial charge is 0.234 e. The quantitative estimate of drug-likeness (QED) is 0.0477. The van der Waals surface area contributed by atoms with Crippen LogP contribution in [0.3, 0.4) is 0 Å². The van der Waals surface area contributed by atoms with Gasteiger partial charge in [-0.3, -0.25) is 24.5 Å². The lowest BCUT2D eigenvalue weighted by Crippen LogP contribution is -2.41. The molecule has 0 saturated carbocycles. The Bertz CT molecular complexity index is 1590. The topological polar surface area (TPSA) is 156 Å². The minimum Gasteiger partial charge on any atom is -0.299 e. The minimum absolute atomic E-state index is 0.188. The highest BCUT2D eigenvalue weighted by atomic mass is 32.1. The van der Waals surface area contributed by atoms with E-state index >= 15 is 0 Å². The molecule has 0 unspecified atom stereocenters. The van der Waals surface area contributed by atoms with Crippen LogP contribution in [-0.2, 0) is 4.79 Å². The molecule has 0 N–H and O–H groups in total. The fraction of sp³-hybridized carbons (Fsp3) is 0.750. The summed E-state index contributed by atoms with van der Waals surface area (Å²) in [6, 6.07) is 0. The molecule has 0 atom stereocenters. The first kappa shape index (κ1) is 63.3. The number of ketones is 1. The summed E-state index contributed by atoms with van der Waals surface area (Å²) in [5.41, 5.74) is 5.18. The van der Waals surface area contributed by atoms with E-state index in [2.05, 4.69) is 96.8 Å². The number of aliphatic imine (C=N–C) groups is 1. The van der Waals surface area contributed by atoms with Gasteiger partial charge in [-0.05, 0) is 64.0 Å². The van der Waals surface area contributed by atoms with Crippen molar-refractivity contribution >= 4 is 40.3 Å². The third-order valence-corrected chi connectivity index (χ3v) is 10.5. The summed E-state index contributed by atoms with van der Waals surface area (Å²) in [6.45, 7) is 48.8. The van der Waals surface area contributed by atoms with Crippen molar-refractivity contribution in [2.75, 3.05) is 0 Å². The zero-order valence-corrected chi connectivity index (χ0v) is 43.7. The van der Waals surface area contributed by atoms with Crippen molar-refractivity contribution in [2.45, 2.75) is 190 Å². The van der Waals surface area contributed by atoms with Crippen molar-refractivity contribution in [3.8, 4) is 6.19 Å². The van der Waals surface area contributed by atoms with Crippen LogP contribution >= 0.6 is 23.9 Å². The second-order valence-corrected chi connectivity index (χ2v) is 19.7. The molecule has 0 bridgehead atoms. The minimum atomic E-state index is -0.380. The Morgan fingerprint density at radius 2 is 0.917 bits per heavy atom. The van der Waals surface area contributed by atoms with Crippen LogP contribution in [0.2, 0.25) is 0 Å². The summed E-state index contributed by atoms with van der Waals surface area (Å²) in [5, 5.41) is 18.4. The van der Waals surface area contributed by atoms with Crippen molar-refractivity contribution in [3.05, 3.63) is 64.8 Å². The first-order chi connectivity index (χ1) is 27.2. The summed E-state index contributed by atoms with van der Waals surface area (Å²) in [4.78, 5) is 47.8. The lowest BCUT2D eigenvalue weighted by atomic mass is 9.85. The number of hydrogen-bond donors (Lipinski definition) is 0. The molecule has 0 aliphatic carbocycles. The van der Waals surface area contributed by atoms with Gasteiger partial charge in [0, 0.05) is 34.2 Å². The summed E-state index contributed by atoms with van der Waals surface area (Å²) in [5.74, 6) is 4.60. The third kappa shape index (κ3) is 26.1. The molecule has 60 heavy (non-hydrogen) atoms. The van der Waals surface area contributed by atoms with E-state index < -0.39 is 0 Å². The van der Waals surface area contributed by atoms with Crippen molar-refractivity contribution < 1.29 is 9.72 Å². The van der Waals surface area contributed by atoms with E-state index in [1.165, 1.54) is 28.0 Å². The van der Waals surface area contributed by atoms with Crippen molar-refractivity contribution in [1.29, 1.82) is 5.26 Å². The van der Waals surface area contributed by atoms with Crippen LogP contribution in [0.15, 0.2) is 26.4 Å². The van der Waals surface area contributed by atoms with Gasteiger partial charge in [0.05, 0.1) is 28.0 Å². The average molecular weight is 876 g/mol. The average Bonchev–Trinajstić information content (AvgIpc) is 3.62. The van der Waals surface area contributed by atoms with E-state index in [0.717, 1.165) is 28.6 Å². The number of allylic oxidation sites excluding steroid dienone is 1. The molecule has 2 rings (SSSR count). The van der Waals surface area contributed by atoms with Crippen LogP contribution in [0, 0.1) is 68.9 Å². The molecular weight excluding hydrogens is 791 g/mol. The van der Waals surface area contributed by atoms with Gasteiger partial charge in [0.2, 0.25) is 23.3 Å². The fourth-order valence-electron chi connectivity index (χ4n) is 5.98. The van der Waals surface area contributed by atoms with Gasteiger partial charge in [0.1, 0.15) is 5.78 Å². The summed E-state index contributed by atoms with van der Waals surface area (Å²) < 4.78 is 8.54. The molecule has 0 aliphatic heterocycles. The molecule has 0 saturated heterocycles. The van der Waals surface area contributed by atoms with E-state index in [1.54, 1.807) is 0 Å². The molecule has 0 radical (unpaired) electrons. The largest absolute Gasteiger partial charge is 0.299 e. The Labute approximate surface area is 375 Å². The number of thiocarbonyl (C=S) groups is 1. The van der Waals surface area contributed by atoms with E-state index in [4.69, 9.17) is 17.5 Å². The molecule has 344 valence electrons. The monoisotopic (exact) mass is 876 g/mol. The van der Waals surface area contributed by atoms with E-state index in [1.807, 2.05) is 89.3 Å². The van der Waals surface area contributed by atoms with Crippen molar-refractivity contribution in [1.82, 2.24) is 8.75 Å². The number of Topliss-reactive ketones (excluding diaryl/α,β-unsaturated/α-hetero) is 1. The Morgan fingerprint density at radius 1 is 0.600 bits per heavy atom. The molecule has 0 amide bonds. The van der Waals surface area contributed by atoms with Gasteiger partial charge in [0.25, 0.3) is 0 Å². The van der Waals surface area contributed by atoms with Crippen LogP contribution in [0.1, 0.15) is 212 Å². The number of carbonyl (C=O) groups is 1. The highest BCUT2D eigenvalue weighted by Gasteiger charge is 2.24. The van der Waals surface area contributed by atoms with Gasteiger partial charge in [-0.1, -0.05) is 178 Å². The molecule has 0 spiro atoms. The maximum Gasteiger partial charge on any atom is 0.234 e. The van der Waals surface area contributed by atoms with Crippen molar-refractivity contribution in [2.24, 2.45) is 52.3 Å². The first-order valence-electron chi connectivity index (χ1n) is 21.8. The molecule has 2 aromatic rings. The normalized spacial score (nSPS) is 10.8. The number of nitro groups is 1. The summed E-state index contributed by atoms with van der Waals surface area (Å²) >= 11 is 6.42. The van der Waals surface area contributed by atoms with Gasteiger partial charge in [0.15, 0.2) is 0 Å². The molecule has 1 heterocycles. The Hall–Kier alpha value is -3.30. The van der Waals surface area contributed by atoms with E-state index in [0.29, 0.717) is 41.3 Å². The predicted molar refractivity (Wildman–Crippen MR) is 262 cm³/mol. The van der Waals surface area contributed by atoms with E-state index in [9.17, 15) is 24.5 Å². The maximum atomic E-state index is 11.1. The fourth-order valence-corrected chi connectivity index (χ4v) is 6.81. The van der Waals surface area contributed by atoms with Gasteiger partial charge in [-0.2, -0.15) is 19.0 Å². The lowest BCUT2D eigenvalue weighted by Gasteiger charge is -2.16. The number of aromatic nitrogens is 2. The molecule has 1 aromatic heterocycles. The Balaban J connectivity index is -0.000000316. The van der Waals surface area contributed by atoms with E-state index in [-0.39, 0.29) is 51.3 Å². The van der Waals surface area contributed by atoms with Gasteiger partial charge in [-0.15, -0.1) is 0 Å². The molecule has 12 heteroatoms. The van der Waals surface area contributed by atoms with Crippen LogP contribution < -0.4 is 10.9 Å². The van der Waals surface area contributed by atoms with Gasteiger partial charge < -0.3 is 0 Å². The zero-order chi connectivity index (χ0) is 48.5. The lowest BCUT2D eigenvalue weighted by molar-refractivity contribution is -0.404. The number of nitrogens with zero attached hydrogens (tertiary/aromatic N) is 5. The number of carbonyl (C=O) groups excluding carboxylic acids is 1. The zero-order valence-electron chi connectivity index (χ0n) is 42.1.